The van der Waals surface area contributed by atoms with Crippen molar-refractivity contribution < 1.29 is 4.74 Å². The monoisotopic (exact) mass is 317 g/mol. The molecule has 0 aromatic carbocycles. The maximum absolute atomic E-state index is 12.3. The normalized spacial score (nSPS) is 18.5. The summed E-state index contributed by atoms with van der Waals surface area (Å²) in [6.45, 7) is 5.48. The molecule has 1 N–H and O–H groups in total. The van der Waals surface area contributed by atoms with E-state index in [4.69, 9.17) is 4.74 Å². The zero-order chi connectivity index (χ0) is 16.3. The number of aryl methyl sites for hydroxylation is 2. The molecule has 3 aromatic heterocycles. The number of nitrogens with one attached hydrogen (secondary N) is 1. The number of H-pyrrole nitrogens is 1. The van der Waals surface area contributed by atoms with Crippen molar-refractivity contribution in [2.75, 3.05) is 6.61 Å². The minimum atomic E-state index is -0.455. The number of fused-ring (bicyclic) bond motifs is 3. The average molecular weight is 317 g/mol. The maximum Gasteiger partial charge on any atom is 0.329 e. The van der Waals surface area contributed by atoms with Crippen molar-refractivity contribution in [2.24, 2.45) is 7.05 Å². The number of aromatic nitrogens is 5. The lowest BCUT2D eigenvalue weighted by Crippen LogP contribution is -2.28. The van der Waals surface area contributed by atoms with E-state index in [1.165, 1.54) is 4.57 Å². The Kier molecular flexibility index (Phi) is 2.99. The number of hydrogen-bond donors (Lipinski definition) is 1. The van der Waals surface area contributed by atoms with E-state index < -0.39 is 11.2 Å². The molecule has 1 atom stereocenters. The minimum absolute atomic E-state index is 0.172. The third-order valence-electron chi connectivity index (χ3n) is 4.81. The summed E-state index contributed by atoms with van der Waals surface area (Å²) in [7, 11) is 1.61. The molecule has 3 aromatic rings. The topological polar surface area (TPSA) is 86.3 Å². The van der Waals surface area contributed by atoms with Gasteiger partial charge in [0, 0.05) is 25.0 Å². The van der Waals surface area contributed by atoms with Gasteiger partial charge in [-0.2, -0.15) is 4.98 Å². The van der Waals surface area contributed by atoms with Crippen molar-refractivity contribution in [2.45, 2.75) is 39.3 Å². The molecule has 1 unspecified atom stereocenters. The first-order valence-electron chi connectivity index (χ1n) is 7.78. The van der Waals surface area contributed by atoms with Gasteiger partial charge in [0.1, 0.15) is 0 Å². The summed E-state index contributed by atoms with van der Waals surface area (Å²) in [5.41, 5.74) is 1.95. The Morgan fingerprint density at radius 1 is 1.30 bits per heavy atom. The highest BCUT2D eigenvalue weighted by atomic mass is 16.5. The third-order valence-corrected chi connectivity index (χ3v) is 4.81. The summed E-state index contributed by atoms with van der Waals surface area (Å²) in [5.74, 6) is 0.678. The van der Waals surface area contributed by atoms with Gasteiger partial charge in [-0.3, -0.25) is 18.7 Å². The standard InChI is InChI=1S/C15H19N5O3/c1-8-9(2)20-11-12(18(3)15(22)17-13(11)21)16-14(20)19(8)7-10-5-4-6-23-10/h10H,4-7H2,1-3H3,(H,17,21,22). The van der Waals surface area contributed by atoms with Gasteiger partial charge < -0.3 is 9.30 Å². The van der Waals surface area contributed by atoms with Crippen LogP contribution in [0.4, 0.5) is 0 Å². The van der Waals surface area contributed by atoms with Gasteiger partial charge in [0.2, 0.25) is 5.78 Å². The summed E-state index contributed by atoms with van der Waals surface area (Å²) in [6, 6.07) is 0. The van der Waals surface area contributed by atoms with Crippen LogP contribution in [0.3, 0.4) is 0 Å². The van der Waals surface area contributed by atoms with Crippen LogP contribution in [-0.4, -0.2) is 36.2 Å². The van der Waals surface area contributed by atoms with Crippen molar-refractivity contribution >= 4 is 16.9 Å². The Labute approximate surface area is 131 Å². The van der Waals surface area contributed by atoms with E-state index in [2.05, 4.69) is 14.5 Å². The number of hydrogen-bond acceptors (Lipinski definition) is 4. The molecule has 0 spiro atoms. The predicted molar refractivity (Wildman–Crippen MR) is 85.0 cm³/mol. The van der Waals surface area contributed by atoms with Crippen LogP contribution in [0.1, 0.15) is 24.2 Å². The van der Waals surface area contributed by atoms with Gasteiger partial charge in [-0.05, 0) is 26.7 Å². The Balaban J connectivity index is 2.04. The lowest BCUT2D eigenvalue weighted by Gasteiger charge is -2.12. The molecule has 0 saturated carbocycles. The van der Waals surface area contributed by atoms with Gasteiger partial charge in [0.25, 0.3) is 5.56 Å². The van der Waals surface area contributed by atoms with Crippen LogP contribution in [0.5, 0.6) is 0 Å². The number of nitrogens with zero attached hydrogens (tertiary/aromatic N) is 4. The number of imidazole rings is 2. The molecule has 0 amide bonds. The molecule has 4 heterocycles. The Morgan fingerprint density at radius 2 is 2.09 bits per heavy atom. The summed E-state index contributed by atoms with van der Waals surface area (Å²) in [4.78, 5) is 31.0. The fraction of sp³-hybridized carbons (Fsp3) is 0.533. The van der Waals surface area contributed by atoms with E-state index in [1.54, 1.807) is 7.05 Å². The molecule has 23 heavy (non-hydrogen) atoms. The van der Waals surface area contributed by atoms with E-state index in [0.717, 1.165) is 30.8 Å². The lowest BCUT2D eigenvalue weighted by atomic mass is 10.2. The second-order valence-corrected chi connectivity index (χ2v) is 6.15. The molecule has 0 radical (unpaired) electrons. The van der Waals surface area contributed by atoms with Crippen LogP contribution < -0.4 is 11.2 Å². The predicted octanol–water partition coefficient (Wildman–Crippen LogP) is 0.472. The van der Waals surface area contributed by atoms with Gasteiger partial charge in [-0.25, -0.2) is 4.79 Å². The van der Waals surface area contributed by atoms with Gasteiger partial charge in [0.05, 0.1) is 12.6 Å². The molecule has 0 bridgehead atoms. The Bertz CT molecular complexity index is 1030. The zero-order valence-corrected chi connectivity index (χ0v) is 13.4. The Hall–Kier alpha value is -2.35. The quantitative estimate of drug-likeness (QED) is 0.744. The summed E-state index contributed by atoms with van der Waals surface area (Å²) < 4.78 is 11.0. The van der Waals surface area contributed by atoms with E-state index in [9.17, 15) is 9.59 Å². The van der Waals surface area contributed by atoms with Crippen LogP contribution in [0.15, 0.2) is 9.59 Å². The van der Waals surface area contributed by atoms with Gasteiger partial charge >= 0.3 is 5.69 Å². The van der Waals surface area contributed by atoms with Gasteiger partial charge in [-0.1, -0.05) is 0 Å². The highest BCUT2D eigenvalue weighted by Crippen LogP contribution is 2.23. The smallest absolute Gasteiger partial charge is 0.329 e. The van der Waals surface area contributed by atoms with Crippen molar-refractivity contribution in [3.05, 3.63) is 32.2 Å². The molecule has 1 saturated heterocycles. The molecule has 122 valence electrons. The molecule has 4 rings (SSSR count). The van der Waals surface area contributed by atoms with Crippen LogP contribution in [0, 0.1) is 13.8 Å². The average Bonchev–Trinajstić information content (AvgIpc) is 3.20. The molecule has 1 fully saturated rings. The highest BCUT2D eigenvalue weighted by molar-refractivity contribution is 5.76. The second-order valence-electron chi connectivity index (χ2n) is 6.15. The zero-order valence-electron chi connectivity index (χ0n) is 13.4. The highest BCUT2D eigenvalue weighted by Gasteiger charge is 2.23. The van der Waals surface area contributed by atoms with Crippen molar-refractivity contribution in [3.63, 3.8) is 0 Å². The molecular formula is C15H19N5O3. The first-order chi connectivity index (χ1) is 11.0. The number of aromatic amines is 1. The van der Waals surface area contributed by atoms with Gasteiger partial charge in [-0.15, -0.1) is 0 Å². The van der Waals surface area contributed by atoms with Crippen LogP contribution in [-0.2, 0) is 18.3 Å². The number of ether oxygens (including phenoxy) is 1. The van der Waals surface area contributed by atoms with E-state index >= 15 is 0 Å². The third kappa shape index (κ3) is 1.91. The fourth-order valence-corrected chi connectivity index (χ4v) is 3.39. The first kappa shape index (κ1) is 14.3. The summed E-state index contributed by atoms with van der Waals surface area (Å²) in [6.07, 6.45) is 2.28. The summed E-state index contributed by atoms with van der Waals surface area (Å²) in [5, 5.41) is 0. The first-order valence-corrected chi connectivity index (χ1v) is 7.78. The Morgan fingerprint density at radius 3 is 2.78 bits per heavy atom. The van der Waals surface area contributed by atoms with Crippen molar-refractivity contribution in [3.8, 4) is 0 Å². The fourth-order valence-electron chi connectivity index (χ4n) is 3.39. The summed E-state index contributed by atoms with van der Waals surface area (Å²) >= 11 is 0. The molecule has 8 heteroatoms. The SMILES string of the molecule is Cc1c(C)n2c3c(=O)[nH]c(=O)n(C)c3nc2n1CC1CCCO1. The molecule has 0 aliphatic carbocycles. The van der Waals surface area contributed by atoms with Crippen LogP contribution >= 0.6 is 0 Å². The number of rotatable bonds is 2. The van der Waals surface area contributed by atoms with E-state index in [1.807, 2.05) is 18.2 Å². The maximum atomic E-state index is 12.3. The lowest BCUT2D eigenvalue weighted by molar-refractivity contribution is 0.0974. The molecule has 1 aliphatic rings. The van der Waals surface area contributed by atoms with Crippen LogP contribution in [0.25, 0.3) is 16.9 Å². The largest absolute Gasteiger partial charge is 0.376 e. The molecule has 8 nitrogen and oxygen atoms in total. The second kappa shape index (κ2) is 4.82. The molecular weight excluding hydrogens is 298 g/mol. The minimum Gasteiger partial charge on any atom is -0.376 e. The van der Waals surface area contributed by atoms with Crippen LogP contribution in [0.2, 0.25) is 0 Å². The molecule has 1 aliphatic heterocycles. The van der Waals surface area contributed by atoms with Crippen molar-refractivity contribution in [1.29, 1.82) is 0 Å². The van der Waals surface area contributed by atoms with Crippen molar-refractivity contribution in [1.82, 2.24) is 23.5 Å². The van der Waals surface area contributed by atoms with Gasteiger partial charge in [0.15, 0.2) is 11.2 Å². The van der Waals surface area contributed by atoms with E-state index in [-0.39, 0.29) is 6.10 Å². The van der Waals surface area contributed by atoms with E-state index in [0.29, 0.717) is 23.5 Å².